The van der Waals surface area contributed by atoms with Crippen LogP contribution in [0.3, 0.4) is 0 Å². The zero-order chi connectivity index (χ0) is 72.3. The summed E-state index contributed by atoms with van der Waals surface area (Å²) in [5, 5.41) is 29.0. The average molecular weight is 1310 g/mol. The Bertz CT molecular complexity index is 3090. The molecule has 0 spiro atoms. The summed E-state index contributed by atoms with van der Waals surface area (Å²) >= 11 is 0. The molecule has 3 atom stereocenters. The van der Waals surface area contributed by atoms with Crippen LogP contribution in [0.2, 0.25) is 0 Å². The highest BCUT2D eigenvalue weighted by molar-refractivity contribution is 5.28. The lowest BCUT2D eigenvalue weighted by Gasteiger charge is -2.14. The van der Waals surface area contributed by atoms with E-state index in [1.54, 1.807) is 0 Å². The van der Waals surface area contributed by atoms with E-state index in [0.717, 1.165) is 34.4 Å². The third kappa shape index (κ3) is 43.0. The number of hydrogen-bond acceptors (Lipinski definition) is 3. The minimum absolute atomic E-state index is 0. The number of rotatable bonds is 15. The number of hydrogen-bond donors (Lipinski definition) is 3. The average Bonchev–Trinajstić information content (AvgIpc) is 3.36. The molecule has 0 amide bonds. The fraction of sp³-hybridized carbons (Fsp3) is 0.426. The monoisotopic (exact) mass is 1310 g/mol. The third-order valence-corrected chi connectivity index (χ3v) is 15.8. The maximum absolute atomic E-state index is 9.69. The zero-order valence-electron chi connectivity index (χ0n) is 64.4. The van der Waals surface area contributed by atoms with E-state index >= 15 is 0 Å². The molecule has 3 unspecified atom stereocenters. The quantitative estimate of drug-likeness (QED) is 0.0959. The number of aryl methyl sites for hydroxylation is 6. The van der Waals surface area contributed by atoms with E-state index in [-0.39, 0.29) is 43.5 Å². The maximum Gasteiger partial charge on any atom is 0.0812 e. The van der Waals surface area contributed by atoms with Gasteiger partial charge in [-0.05, 0) is 164 Å². The van der Waals surface area contributed by atoms with Crippen molar-refractivity contribution in [3.05, 3.63) is 320 Å². The summed E-state index contributed by atoms with van der Waals surface area (Å²) in [6, 6.07) is 81.9. The van der Waals surface area contributed by atoms with Crippen molar-refractivity contribution in [2.24, 2.45) is 35.5 Å². The third-order valence-electron chi connectivity index (χ3n) is 15.8. The Morgan fingerprint density at radius 1 is 0.206 bits per heavy atom. The summed E-state index contributed by atoms with van der Waals surface area (Å²) in [7, 11) is 0. The van der Waals surface area contributed by atoms with Gasteiger partial charge >= 0.3 is 0 Å². The Labute approximate surface area is 596 Å². The van der Waals surface area contributed by atoms with Crippen molar-refractivity contribution in [2.75, 3.05) is 0 Å². The van der Waals surface area contributed by atoms with E-state index in [9.17, 15) is 15.3 Å². The fourth-order valence-corrected chi connectivity index (χ4v) is 9.55. The Hall–Kier alpha value is -7.14. The van der Waals surface area contributed by atoms with E-state index in [4.69, 9.17) is 0 Å². The molecule has 0 heterocycles. The molecule has 0 aliphatic carbocycles. The highest BCUT2D eigenvalue weighted by atomic mass is 16.3. The van der Waals surface area contributed by atoms with Crippen LogP contribution < -0.4 is 0 Å². The zero-order valence-corrected chi connectivity index (χ0v) is 64.4. The molecule has 0 fully saturated rings. The van der Waals surface area contributed by atoms with E-state index in [1.807, 2.05) is 140 Å². The molecule has 3 nitrogen and oxygen atoms in total. The lowest BCUT2D eigenvalue weighted by Crippen LogP contribution is -2.04. The molecular formula is C94H136O3. The van der Waals surface area contributed by atoms with Crippen molar-refractivity contribution in [1.82, 2.24) is 0 Å². The molecule has 9 aromatic rings. The Morgan fingerprint density at radius 2 is 0.371 bits per heavy atom. The molecule has 9 aromatic carbocycles. The molecule has 0 saturated carbocycles. The first kappa shape index (κ1) is 89.9. The van der Waals surface area contributed by atoms with E-state index in [0.29, 0.717) is 17.8 Å². The first-order valence-corrected chi connectivity index (χ1v) is 35.8. The molecule has 0 radical (unpaired) electrons. The normalized spacial score (nSPS) is 11.4. The van der Waals surface area contributed by atoms with Crippen molar-refractivity contribution < 1.29 is 15.3 Å². The molecule has 0 aliphatic heterocycles. The summed E-state index contributed by atoms with van der Waals surface area (Å²) in [4.78, 5) is 0. The molecule has 97 heavy (non-hydrogen) atoms. The van der Waals surface area contributed by atoms with Gasteiger partial charge in [0.2, 0.25) is 0 Å². The van der Waals surface area contributed by atoms with Gasteiger partial charge in [-0.3, -0.25) is 0 Å². The van der Waals surface area contributed by atoms with E-state index < -0.39 is 0 Å². The minimum atomic E-state index is -0.328. The molecular weight excluding hydrogens is 1180 g/mol. The van der Waals surface area contributed by atoms with Gasteiger partial charge in [0.25, 0.3) is 0 Å². The van der Waals surface area contributed by atoms with Crippen LogP contribution in [-0.2, 0) is 19.3 Å². The predicted octanol–water partition coefficient (Wildman–Crippen LogP) is 26.7. The second-order valence-corrected chi connectivity index (χ2v) is 29.2. The topological polar surface area (TPSA) is 60.7 Å². The molecule has 3 heteroatoms. The molecule has 0 bridgehead atoms. The lowest BCUT2D eigenvalue weighted by molar-refractivity contribution is 0.127. The van der Waals surface area contributed by atoms with Gasteiger partial charge in [0.15, 0.2) is 0 Å². The van der Waals surface area contributed by atoms with Crippen LogP contribution in [-0.4, -0.2) is 15.3 Å². The predicted molar refractivity (Wildman–Crippen MR) is 430 cm³/mol. The SMILES string of the molecule is C.CC(C)C(O)c1ccccc1.CC(C)Cc1ccccc1.CC(C)c1ccccc1.Cc1ccc(C(C)C)cc1.Cc1ccc(C(C)C)cc1.Cc1ccc(C(O)C(C)C)cc1.Cc1ccc(C(O)C(C)C)cc1.Cc1ccc(CC(C)C)cc1.Cc1ccc(CC(C)C)cc1. The number of aliphatic hydroxyl groups is 3. The van der Waals surface area contributed by atoms with Gasteiger partial charge in [0.05, 0.1) is 18.3 Å². The summed E-state index contributed by atoms with van der Waals surface area (Å²) in [6.07, 6.45) is 2.61. The van der Waals surface area contributed by atoms with Gasteiger partial charge in [-0.2, -0.15) is 0 Å². The first-order valence-electron chi connectivity index (χ1n) is 35.8. The van der Waals surface area contributed by atoms with Crippen LogP contribution in [0, 0.1) is 77.0 Å². The highest BCUT2D eigenvalue weighted by Gasteiger charge is 2.13. The van der Waals surface area contributed by atoms with Gasteiger partial charge in [-0.15, -0.1) is 0 Å². The van der Waals surface area contributed by atoms with Crippen molar-refractivity contribution in [2.45, 2.75) is 229 Å². The molecule has 530 valence electrons. The van der Waals surface area contributed by atoms with Gasteiger partial charge < -0.3 is 15.3 Å². The number of benzene rings is 9. The highest BCUT2D eigenvalue weighted by Crippen LogP contribution is 2.24. The van der Waals surface area contributed by atoms with Crippen LogP contribution >= 0.6 is 0 Å². The summed E-state index contributed by atoms with van der Waals surface area (Å²) < 4.78 is 0. The van der Waals surface area contributed by atoms with Crippen LogP contribution in [0.1, 0.15) is 252 Å². The van der Waals surface area contributed by atoms with E-state index in [2.05, 4.69) is 262 Å². The van der Waals surface area contributed by atoms with Crippen LogP contribution in [0.15, 0.2) is 237 Å². The Kier molecular flexibility index (Phi) is 47.3. The smallest absolute Gasteiger partial charge is 0.0812 e. The van der Waals surface area contributed by atoms with Crippen LogP contribution in [0.5, 0.6) is 0 Å². The molecule has 0 aromatic heterocycles. The maximum atomic E-state index is 9.69. The summed E-state index contributed by atoms with van der Waals surface area (Å²) in [5.74, 6) is 5.11. The standard InChI is InChI=1S/2C11H16O.2C11H16.C10H14O.3C10H14.C9H12.CH4/c2*1-8(2)11(12)10-6-4-9(3)5-7-10;2*1-9(2)8-11-6-4-10(3)5-7-11;1-8(2)10(11)9-6-4-3-5-7-9;2*1-8(2)10-6-4-9(3)5-7-10;1-9(2)8-10-6-4-3-5-7-10;1-8(2)9-6-4-3-5-7-9;/h2*4-8,11-12H,1-3H3;2*4-7,9H,8H2,1-3H3;3-8,10-11H,1-2H3;2*4-8H,1-3H3;3-7,9H,8H2,1-2H3;3-8H,1-2H3;1H4. The largest absolute Gasteiger partial charge is 0.388 e. The van der Waals surface area contributed by atoms with Crippen molar-refractivity contribution in [3.63, 3.8) is 0 Å². The Morgan fingerprint density at radius 3 is 0.567 bits per heavy atom. The summed E-state index contributed by atoms with van der Waals surface area (Å²) in [6.45, 7) is 51.4. The Balaban J connectivity index is 0.00000107. The van der Waals surface area contributed by atoms with Crippen molar-refractivity contribution >= 4 is 0 Å². The van der Waals surface area contributed by atoms with Crippen molar-refractivity contribution in [1.29, 1.82) is 0 Å². The van der Waals surface area contributed by atoms with E-state index in [1.165, 1.54) is 86.0 Å². The van der Waals surface area contributed by atoms with Crippen LogP contribution in [0.25, 0.3) is 0 Å². The first-order chi connectivity index (χ1) is 45.3. The molecule has 9 rings (SSSR count). The molecule has 3 N–H and O–H groups in total. The van der Waals surface area contributed by atoms with Gasteiger partial charge in [-0.25, -0.2) is 0 Å². The van der Waals surface area contributed by atoms with Gasteiger partial charge in [-0.1, -0.05) is 402 Å². The van der Waals surface area contributed by atoms with Gasteiger partial charge in [0, 0.05) is 0 Å². The molecule has 0 saturated heterocycles. The van der Waals surface area contributed by atoms with Crippen molar-refractivity contribution in [3.8, 4) is 0 Å². The minimum Gasteiger partial charge on any atom is -0.388 e. The lowest BCUT2D eigenvalue weighted by atomic mass is 9.98. The summed E-state index contributed by atoms with van der Waals surface area (Å²) in [5.41, 5.74) is 19.4. The van der Waals surface area contributed by atoms with Crippen LogP contribution in [0.4, 0.5) is 0 Å². The molecule has 0 aliphatic rings. The fourth-order valence-electron chi connectivity index (χ4n) is 9.55. The second kappa shape index (κ2) is 51.1. The second-order valence-electron chi connectivity index (χ2n) is 29.2. The number of aliphatic hydroxyl groups excluding tert-OH is 3. The van der Waals surface area contributed by atoms with Gasteiger partial charge in [0.1, 0.15) is 0 Å².